The van der Waals surface area contributed by atoms with E-state index in [2.05, 4.69) is 20.9 Å². The minimum Gasteiger partial charge on any atom is -0.441 e. The van der Waals surface area contributed by atoms with Crippen LogP contribution in [0.1, 0.15) is 30.4 Å². The standard InChI is InChI=1S/C25H27N5O5/c1-14(31)27-19-13-16-8-5-9-20-22(16)30-21(35-20)11-10-17(23(26)32)28-24(33)18(29-25(19)34)12-15-6-3-2-4-7-15/h2-9,17-19H,10-13H2,1H3,(H2,26,32)(H,27,31)(H,28,33)(H,29,34)/t17-,18-,19-/m0/s1. The molecule has 4 amide bonds. The number of amides is 4. The number of primary amides is 1. The summed E-state index contributed by atoms with van der Waals surface area (Å²) in [6, 6.07) is 11.6. The Morgan fingerprint density at radius 1 is 1.09 bits per heavy atom. The van der Waals surface area contributed by atoms with Gasteiger partial charge in [-0.1, -0.05) is 42.5 Å². The molecule has 182 valence electrons. The van der Waals surface area contributed by atoms with Gasteiger partial charge in [0.2, 0.25) is 23.6 Å². The third-order valence-electron chi connectivity index (χ3n) is 5.89. The van der Waals surface area contributed by atoms with Crippen molar-refractivity contribution in [2.75, 3.05) is 0 Å². The second-order valence-corrected chi connectivity index (χ2v) is 8.58. The van der Waals surface area contributed by atoms with Crippen LogP contribution in [0.5, 0.6) is 0 Å². The smallest absolute Gasteiger partial charge is 0.243 e. The zero-order chi connectivity index (χ0) is 24.9. The highest BCUT2D eigenvalue weighted by Gasteiger charge is 2.30. The Labute approximate surface area is 201 Å². The number of benzene rings is 2. The van der Waals surface area contributed by atoms with E-state index in [1.807, 2.05) is 36.4 Å². The summed E-state index contributed by atoms with van der Waals surface area (Å²) in [5.74, 6) is -1.81. The monoisotopic (exact) mass is 477 g/mol. The number of aromatic nitrogens is 1. The van der Waals surface area contributed by atoms with Crippen molar-refractivity contribution in [3.05, 3.63) is 65.5 Å². The van der Waals surface area contributed by atoms with Gasteiger partial charge in [-0.3, -0.25) is 19.2 Å². The first kappa shape index (κ1) is 23.9. The lowest BCUT2D eigenvalue weighted by atomic mass is 10.0. The Hall–Kier alpha value is -4.21. The molecule has 10 nitrogen and oxygen atoms in total. The molecular weight excluding hydrogens is 450 g/mol. The zero-order valence-corrected chi connectivity index (χ0v) is 19.2. The first-order chi connectivity index (χ1) is 16.8. The van der Waals surface area contributed by atoms with E-state index in [-0.39, 0.29) is 25.7 Å². The second-order valence-electron chi connectivity index (χ2n) is 8.58. The minimum absolute atomic E-state index is 0.151. The van der Waals surface area contributed by atoms with Gasteiger partial charge in [0.05, 0.1) is 0 Å². The molecule has 4 rings (SSSR count). The Bertz CT molecular complexity index is 1260. The van der Waals surface area contributed by atoms with Gasteiger partial charge < -0.3 is 26.1 Å². The molecule has 1 aromatic heterocycles. The maximum Gasteiger partial charge on any atom is 0.243 e. The van der Waals surface area contributed by atoms with Gasteiger partial charge in [-0.25, -0.2) is 4.98 Å². The summed E-state index contributed by atoms with van der Waals surface area (Å²) in [4.78, 5) is 55.0. The molecule has 10 heteroatoms. The summed E-state index contributed by atoms with van der Waals surface area (Å²) in [7, 11) is 0. The van der Waals surface area contributed by atoms with Crippen molar-refractivity contribution >= 4 is 34.7 Å². The van der Waals surface area contributed by atoms with E-state index in [1.54, 1.807) is 12.1 Å². The van der Waals surface area contributed by atoms with Gasteiger partial charge in [-0.05, 0) is 23.6 Å². The normalized spacial score (nSPS) is 21.1. The average Bonchev–Trinajstić information content (AvgIpc) is 3.24. The van der Waals surface area contributed by atoms with Gasteiger partial charge in [0.1, 0.15) is 23.6 Å². The van der Waals surface area contributed by atoms with Gasteiger partial charge >= 0.3 is 0 Å². The largest absolute Gasteiger partial charge is 0.441 e. The topological polar surface area (TPSA) is 156 Å². The number of carbonyl (C=O) groups excluding carboxylic acids is 4. The summed E-state index contributed by atoms with van der Waals surface area (Å²) in [6.07, 6.45) is 0.794. The lowest BCUT2D eigenvalue weighted by molar-refractivity contribution is -0.133. The Kier molecular flexibility index (Phi) is 7.09. The van der Waals surface area contributed by atoms with Crippen molar-refractivity contribution in [1.29, 1.82) is 0 Å². The van der Waals surface area contributed by atoms with Crippen LogP contribution in [0.3, 0.4) is 0 Å². The number of carbonyl (C=O) groups is 4. The summed E-state index contributed by atoms with van der Waals surface area (Å²) < 4.78 is 5.82. The number of oxazole rings is 1. The molecule has 1 aliphatic rings. The molecule has 2 heterocycles. The molecule has 2 bridgehead atoms. The highest BCUT2D eigenvalue weighted by atomic mass is 16.3. The Balaban J connectivity index is 1.73. The van der Waals surface area contributed by atoms with Crippen molar-refractivity contribution in [2.24, 2.45) is 5.73 Å². The SMILES string of the molecule is CC(=O)N[C@H]1Cc2cccc3oc(nc23)CC[C@@H](C(N)=O)NC(=O)[C@H](Cc2ccccc2)NC1=O. The van der Waals surface area contributed by atoms with Gasteiger partial charge in [0.25, 0.3) is 0 Å². The van der Waals surface area contributed by atoms with Crippen LogP contribution in [0.25, 0.3) is 11.1 Å². The Morgan fingerprint density at radius 3 is 2.57 bits per heavy atom. The molecule has 35 heavy (non-hydrogen) atoms. The van der Waals surface area contributed by atoms with Gasteiger partial charge in [-0.2, -0.15) is 0 Å². The molecule has 1 aliphatic heterocycles. The van der Waals surface area contributed by atoms with Crippen molar-refractivity contribution in [1.82, 2.24) is 20.9 Å². The molecule has 3 atom stereocenters. The van der Waals surface area contributed by atoms with Crippen LogP contribution in [-0.4, -0.2) is 46.7 Å². The van der Waals surface area contributed by atoms with E-state index >= 15 is 0 Å². The third kappa shape index (κ3) is 5.84. The van der Waals surface area contributed by atoms with E-state index in [0.29, 0.717) is 22.6 Å². The van der Waals surface area contributed by atoms with E-state index in [9.17, 15) is 19.2 Å². The van der Waals surface area contributed by atoms with Crippen LogP contribution in [-0.2, 0) is 38.4 Å². The lowest BCUT2D eigenvalue weighted by Gasteiger charge is -2.25. The van der Waals surface area contributed by atoms with Crippen molar-refractivity contribution < 1.29 is 23.6 Å². The van der Waals surface area contributed by atoms with Crippen molar-refractivity contribution in [2.45, 2.75) is 50.7 Å². The molecule has 0 unspecified atom stereocenters. The fourth-order valence-corrected chi connectivity index (χ4v) is 4.15. The quantitative estimate of drug-likeness (QED) is 0.429. The maximum absolute atomic E-state index is 13.3. The maximum atomic E-state index is 13.3. The number of rotatable bonds is 4. The Morgan fingerprint density at radius 2 is 1.86 bits per heavy atom. The number of hydrogen-bond donors (Lipinski definition) is 4. The van der Waals surface area contributed by atoms with Crippen molar-refractivity contribution in [3.8, 4) is 0 Å². The number of hydrogen-bond acceptors (Lipinski definition) is 6. The van der Waals surface area contributed by atoms with Crippen molar-refractivity contribution in [3.63, 3.8) is 0 Å². The van der Waals surface area contributed by atoms with E-state index < -0.39 is 41.8 Å². The number of para-hydroxylation sites is 1. The van der Waals surface area contributed by atoms with Crippen LogP contribution < -0.4 is 21.7 Å². The number of nitrogens with one attached hydrogen (secondary N) is 3. The zero-order valence-electron chi connectivity index (χ0n) is 19.2. The van der Waals surface area contributed by atoms with Crippen LogP contribution in [0, 0.1) is 0 Å². The predicted molar refractivity (Wildman–Crippen MR) is 127 cm³/mol. The molecule has 0 aliphatic carbocycles. The van der Waals surface area contributed by atoms with Gasteiger partial charge in [-0.15, -0.1) is 0 Å². The molecule has 2 aromatic carbocycles. The highest BCUT2D eigenvalue weighted by molar-refractivity contribution is 5.94. The lowest BCUT2D eigenvalue weighted by Crippen LogP contribution is -2.57. The molecule has 3 aromatic rings. The summed E-state index contributed by atoms with van der Waals surface area (Å²) in [6.45, 7) is 1.32. The first-order valence-electron chi connectivity index (χ1n) is 11.4. The minimum atomic E-state index is -0.994. The third-order valence-corrected chi connectivity index (χ3v) is 5.89. The predicted octanol–water partition coefficient (Wildman–Crippen LogP) is 0.519. The summed E-state index contributed by atoms with van der Waals surface area (Å²) >= 11 is 0. The first-order valence-corrected chi connectivity index (χ1v) is 11.4. The fourth-order valence-electron chi connectivity index (χ4n) is 4.15. The van der Waals surface area contributed by atoms with Crippen LogP contribution in [0.15, 0.2) is 52.9 Å². The number of nitrogens with zero attached hydrogens (tertiary/aromatic N) is 1. The van der Waals surface area contributed by atoms with Gasteiger partial charge in [0.15, 0.2) is 11.5 Å². The van der Waals surface area contributed by atoms with Crippen LogP contribution in [0.4, 0.5) is 0 Å². The molecule has 0 saturated carbocycles. The molecular formula is C25H27N5O5. The number of fused-ring (bicyclic) bond motifs is 1. The van der Waals surface area contributed by atoms with Crippen LogP contribution >= 0.6 is 0 Å². The summed E-state index contributed by atoms with van der Waals surface area (Å²) in [5, 5.41) is 8.08. The fraction of sp³-hybridized carbons (Fsp3) is 0.320. The van der Waals surface area contributed by atoms with E-state index in [4.69, 9.17) is 10.2 Å². The highest BCUT2D eigenvalue weighted by Crippen LogP contribution is 2.22. The second kappa shape index (κ2) is 10.4. The molecule has 0 saturated heterocycles. The number of aryl methyl sites for hydroxylation is 1. The summed E-state index contributed by atoms with van der Waals surface area (Å²) in [5.41, 5.74) is 8.17. The van der Waals surface area contributed by atoms with E-state index in [0.717, 1.165) is 5.56 Å². The average molecular weight is 478 g/mol. The van der Waals surface area contributed by atoms with Gasteiger partial charge in [0, 0.05) is 26.2 Å². The molecule has 0 spiro atoms. The number of nitrogens with two attached hydrogens (primary N) is 1. The molecule has 0 radical (unpaired) electrons. The van der Waals surface area contributed by atoms with E-state index in [1.165, 1.54) is 6.92 Å². The molecule has 5 N–H and O–H groups in total. The van der Waals surface area contributed by atoms with Crippen LogP contribution in [0.2, 0.25) is 0 Å². The molecule has 0 fully saturated rings.